The van der Waals surface area contributed by atoms with Crippen LogP contribution in [-0.4, -0.2) is 17.4 Å². The zero-order valence-electron chi connectivity index (χ0n) is 3.58. The second-order valence-corrected chi connectivity index (χ2v) is 0. The van der Waals surface area contributed by atoms with Gasteiger partial charge >= 0.3 is 17.4 Å². The molecule has 0 heterocycles. The monoisotopic (exact) mass is 72.1 g/mol. The van der Waals surface area contributed by atoms with Crippen molar-refractivity contribution >= 4 is 17.4 Å². The summed E-state index contributed by atoms with van der Waals surface area (Å²) < 4.78 is 0. The maximum Gasteiger partial charge on any atom is 3.00 e. The summed E-state index contributed by atoms with van der Waals surface area (Å²) in [6.45, 7) is 0. The molecule has 0 aromatic rings. The van der Waals surface area contributed by atoms with Crippen molar-refractivity contribution in [2.24, 2.45) is 0 Å². The number of hydrogen-bond donors (Lipinski definition) is 0. The molecule has 0 aromatic heterocycles. The molecule has 0 aliphatic heterocycles. The Morgan fingerprint density at radius 2 is 0.500 bits per heavy atom. The van der Waals surface area contributed by atoms with Gasteiger partial charge in [-0.1, -0.05) is 0 Å². The largest absolute Gasteiger partial charge is 3.00 e. The van der Waals surface area contributed by atoms with Crippen LogP contribution in [0.15, 0.2) is 0 Å². The summed E-state index contributed by atoms with van der Waals surface area (Å²) in [5, 5.41) is 0. The summed E-state index contributed by atoms with van der Waals surface area (Å²) in [4.78, 5) is 0. The van der Waals surface area contributed by atoms with Crippen LogP contribution in [-0.2, 0) is 0 Å². The van der Waals surface area contributed by atoms with E-state index >= 15 is 0 Å². The molecule has 24 valence electrons. The minimum Gasteiger partial charge on any atom is -0.358 e. The predicted octanol–water partition coefficient (Wildman–Crippen LogP) is 0.970. The standard InChI is InChI=1S/3CH3.Al/h3*1H3;/q3*-1;+3. The van der Waals surface area contributed by atoms with Gasteiger partial charge in [-0.05, 0) is 0 Å². The van der Waals surface area contributed by atoms with E-state index in [9.17, 15) is 0 Å². The van der Waals surface area contributed by atoms with Crippen molar-refractivity contribution in [3.8, 4) is 0 Å². The van der Waals surface area contributed by atoms with Crippen molar-refractivity contribution in [3.63, 3.8) is 0 Å². The molecule has 0 aliphatic rings. The van der Waals surface area contributed by atoms with E-state index in [2.05, 4.69) is 0 Å². The van der Waals surface area contributed by atoms with E-state index in [-0.39, 0.29) is 39.6 Å². The van der Waals surface area contributed by atoms with Crippen molar-refractivity contribution in [1.29, 1.82) is 0 Å². The van der Waals surface area contributed by atoms with Crippen molar-refractivity contribution < 1.29 is 0 Å². The van der Waals surface area contributed by atoms with E-state index in [4.69, 9.17) is 0 Å². The summed E-state index contributed by atoms with van der Waals surface area (Å²) in [5.74, 6) is 0. The summed E-state index contributed by atoms with van der Waals surface area (Å²) in [5.41, 5.74) is 0. The molecular formula is C3H9Al. The average Bonchev–Trinajstić information content (AvgIpc) is 0. The van der Waals surface area contributed by atoms with Crippen LogP contribution in [0.1, 0.15) is 0 Å². The molecule has 0 radical (unpaired) electrons. The van der Waals surface area contributed by atoms with Crippen LogP contribution in [0.2, 0.25) is 0 Å². The second-order valence-electron chi connectivity index (χ2n) is 0. The first-order valence-electron chi connectivity index (χ1n) is 0. The minimum atomic E-state index is 0. The van der Waals surface area contributed by atoms with Crippen LogP contribution in [0.4, 0.5) is 0 Å². The van der Waals surface area contributed by atoms with Gasteiger partial charge in [0.05, 0.1) is 0 Å². The van der Waals surface area contributed by atoms with Crippen molar-refractivity contribution in [3.05, 3.63) is 22.3 Å². The Hall–Kier alpha value is 0.532. The van der Waals surface area contributed by atoms with Gasteiger partial charge in [-0.2, -0.15) is 0 Å². The van der Waals surface area contributed by atoms with Crippen LogP contribution in [0.25, 0.3) is 0 Å². The summed E-state index contributed by atoms with van der Waals surface area (Å²) >= 11 is 0. The topological polar surface area (TPSA) is 0 Å². The van der Waals surface area contributed by atoms with Gasteiger partial charge in [0.25, 0.3) is 0 Å². The van der Waals surface area contributed by atoms with Crippen LogP contribution >= 0.6 is 0 Å². The normalized spacial score (nSPS) is 0. The number of rotatable bonds is 0. The van der Waals surface area contributed by atoms with Gasteiger partial charge < -0.3 is 22.3 Å². The van der Waals surface area contributed by atoms with Gasteiger partial charge in [-0.3, -0.25) is 0 Å². The van der Waals surface area contributed by atoms with Crippen LogP contribution in [0.5, 0.6) is 0 Å². The Labute approximate surface area is 40.4 Å². The third kappa shape index (κ3) is 21.0. The van der Waals surface area contributed by atoms with Crippen LogP contribution in [0.3, 0.4) is 0 Å². The van der Waals surface area contributed by atoms with E-state index in [0.717, 1.165) is 0 Å². The molecule has 0 saturated heterocycles. The maximum absolute atomic E-state index is 0. The Morgan fingerprint density at radius 1 is 0.500 bits per heavy atom. The SMILES string of the molecule is [Al+3].[CH3-].[CH3-].[CH3-]. The van der Waals surface area contributed by atoms with Crippen molar-refractivity contribution in [1.82, 2.24) is 0 Å². The fraction of sp³-hybridized carbons (Fsp3) is 0. The second kappa shape index (κ2) is 79.9. The molecule has 0 fully saturated rings. The van der Waals surface area contributed by atoms with Gasteiger partial charge in [0.2, 0.25) is 0 Å². The van der Waals surface area contributed by atoms with E-state index in [1.807, 2.05) is 0 Å². The molecule has 4 heavy (non-hydrogen) atoms. The summed E-state index contributed by atoms with van der Waals surface area (Å²) in [6, 6.07) is 0. The smallest absolute Gasteiger partial charge is 0.358 e. The summed E-state index contributed by atoms with van der Waals surface area (Å²) in [7, 11) is 0. The first kappa shape index (κ1) is 199. The van der Waals surface area contributed by atoms with Gasteiger partial charge in [0, 0.05) is 0 Å². The molecule has 0 N–H and O–H groups in total. The molecule has 0 atom stereocenters. The van der Waals surface area contributed by atoms with E-state index < -0.39 is 0 Å². The fourth-order valence-electron chi connectivity index (χ4n) is 0. The van der Waals surface area contributed by atoms with Crippen LogP contribution in [0, 0.1) is 22.3 Å². The fourth-order valence-corrected chi connectivity index (χ4v) is 0. The molecule has 0 aliphatic carbocycles. The Kier molecular flexibility index (Phi) is 3980. The maximum atomic E-state index is 0. The molecule has 0 bridgehead atoms. The third-order valence-corrected chi connectivity index (χ3v) is 0. The molecule has 1 heteroatoms. The van der Waals surface area contributed by atoms with Crippen molar-refractivity contribution in [2.75, 3.05) is 0 Å². The Bertz CT molecular complexity index is 3.25. The number of hydrogen-bond acceptors (Lipinski definition) is 0. The predicted molar refractivity (Wildman–Crippen MR) is 25.0 cm³/mol. The van der Waals surface area contributed by atoms with Crippen LogP contribution < -0.4 is 0 Å². The summed E-state index contributed by atoms with van der Waals surface area (Å²) in [6.07, 6.45) is 0. The molecule has 0 spiro atoms. The van der Waals surface area contributed by atoms with E-state index in [1.54, 1.807) is 0 Å². The quantitative estimate of drug-likeness (QED) is 0.295. The first-order chi connectivity index (χ1) is 0. The molecule has 0 aromatic carbocycles. The average molecular weight is 72.1 g/mol. The molecule has 0 rings (SSSR count). The Balaban J connectivity index is 0. The molecule has 0 nitrogen and oxygen atoms in total. The molecular weight excluding hydrogens is 63.0 g/mol. The zero-order chi connectivity index (χ0) is 0. The van der Waals surface area contributed by atoms with Gasteiger partial charge in [0.1, 0.15) is 0 Å². The minimum absolute atomic E-state index is 0. The first-order valence-corrected chi connectivity index (χ1v) is 0. The Morgan fingerprint density at radius 3 is 0.500 bits per heavy atom. The third-order valence-electron chi connectivity index (χ3n) is 0. The molecule has 0 amide bonds. The van der Waals surface area contributed by atoms with Gasteiger partial charge in [-0.15, -0.1) is 0 Å². The van der Waals surface area contributed by atoms with Gasteiger partial charge in [-0.25, -0.2) is 0 Å². The molecule has 0 saturated carbocycles. The van der Waals surface area contributed by atoms with E-state index in [1.165, 1.54) is 0 Å². The van der Waals surface area contributed by atoms with E-state index in [0.29, 0.717) is 0 Å². The van der Waals surface area contributed by atoms with Gasteiger partial charge in [0.15, 0.2) is 0 Å². The molecule has 0 unspecified atom stereocenters. The van der Waals surface area contributed by atoms with Crippen molar-refractivity contribution in [2.45, 2.75) is 0 Å². The zero-order valence-corrected chi connectivity index (χ0v) is 4.73.